The summed E-state index contributed by atoms with van der Waals surface area (Å²) >= 11 is 0. The predicted molar refractivity (Wildman–Crippen MR) is 57.3 cm³/mol. The molecule has 0 bridgehead atoms. The number of rotatable bonds is 2. The number of hydrogen-bond donors (Lipinski definition) is 2. The zero-order valence-corrected chi connectivity index (χ0v) is 8.97. The van der Waals surface area contributed by atoms with E-state index >= 15 is 0 Å². The molecule has 0 amide bonds. The van der Waals surface area contributed by atoms with Crippen LogP contribution in [-0.4, -0.2) is 18.2 Å². The minimum atomic E-state index is -0.876. The van der Waals surface area contributed by atoms with Crippen molar-refractivity contribution in [2.45, 2.75) is 19.3 Å². The number of phenolic OH excluding ortho intramolecular Hbond substituents is 1. The lowest BCUT2D eigenvalue weighted by Gasteiger charge is -2.23. The van der Waals surface area contributed by atoms with Crippen LogP contribution in [0.5, 0.6) is 5.75 Å². The summed E-state index contributed by atoms with van der Waals surface area (Å²) < 4.78 is 26.1. The summed E-state index contributed by atoms with van der Waals surface area (Å²) in [6.07, 6.45) is 2.63. The number of hydrogen-bond acceptors (Lipinski definition) is 2. The SMILES string of the molecule is Oc1c(F)cc(F)cc1CC1CCCNC1. The Morgan fingerprint density at radius 1 is 1.38 bits per heavy atom. The minimum Gasteiger partial charge on any atom is -0.505 e. The lowest BCUT2D eigenvalue weighted by Crippen LogP contribution is -2.30. The highest BCUT2D eigenvalue weighted by atomic mass is 19.1. The number of aromatic hydroxyl groups is 1. The van der Waals surface area contributed by atoms with Crippen LogP contribution in [0.1, 0.15) is 18.4 Å². The molecular formula is C12H15F2NO. The van der Waals surface area contributed by atoms with Gasteiger partial charge >= 0.3 is 0 Å². The smallest absolute Gasteiger partial charge is 0.168 e. The standard InChI is InChI=1S/C12H15F2NO/c13-10-5-9(12(16)11(14)6-10)4-8-2-1-3-15-7-8/h5-6,8,15-16H,1-4,7H2. The van der Waals surface area contributed by atoms with Crippen LogP contribution < -0.4 is 5.32 Å². The molecule has 1 heterocycles. The molecule has 0 radical (unpaired) electrons. The molecule has 16 heavy (non-hydrogen) atoms. The van der Waals surface area contributed by atoms with Gasteiger partial charge in [-0.3, -0.25) is 0 Å². The summed E-state index contributed by atoms with van der Waals surface area (Å²) in [4.78, 5) is 0. The van der Waals surface area contributed by atoms with Gasteiger partial charge in [-0.05, 0) is 44.3 Å². The van der Waals surface area contributed by atoms with Crippen molar-refractivity contribution in [1.29, 1.82) is 0 Å². The zero-order valence-electron chi connectivity index (χ0n) is 8.97. The first kappa shape index (κ1) is 11.3. The van der Waals surface area contributed by atoms with Crippen molar-refractivity contribution in [3.05, 3.63) is 29.3 Å². The Morgan fingerprint density at radius 2 is 2.19 bits per heavy atom. The third-order valence-corrected chi connectivity index (χ3v) is 3.01. The minimum absolute atomic E-state index is 0.348. The van der Waals surface area contributed by atoms with Crippen LogP contribution in [0, 0.1) is 17.6 Å². The van der Waals surface area contributed by atoms with Gasteiger partial charge in [0.2, 0.25) is 0 Å². The summed E-state index contributed by atoms with van der Waals surface area (Å²) in [5.41, 5.74) is 0.367. The Bertz CT molecular complexity index is 376. The molecule has 0 aromatic heterocycles. The first-order valence-electron chi connectivity index (χ1n) is 5.54. The Hall–Kier alpha value is -1.16. The molecule has 1 unspecified atom stereocenters. The lowest BCUT2D eigenvalue weighted by atomic mass is 9.92. The highest BCUT2D eigenvalue weighted by Crippen LogP contribution is 2.26. The maximum atomic E-state index is 13.1. The zero-order chi connectivity index (χ0) is 11.5. The highest BCUT2D eigenvalue weighted by Gasteiger charge is 2.17. The van der Waals surface area contributed by atoms with E-state index in [0.29, 0.717) is 24.0 Å². The fourth-order valence-corrected chi connectivity index (χ4v) is 2.18. The van der Waals surface area contributed by atoms with Crippen molar-refractivity contribution in [1.82, 2.24) is 5.32 Å². The highest BCUT2D eigenvalue weighted by molar-refractivity contribution is 5.34. The van der Waals surface area contributed by atoms with Crippen LogP contribution in [-0.2, 0) is 6.42 Å². The molecule has 1 aliphatic heterocycles. The van der Waals surface area contributed by atoms with E-state index in [1.807, 2.05) is 0 Å². The Balaban J connectivity index is 2.13. The topological polar surface area (TPSA) is 32.3 Å². The summed E-state index contributed by atoms with van der Waals surface area (Å²) in [5.74, 6) is -1.57. The predicted octanol–water partition coefficient (Wildman–Crippen LogP) is 2.21. The van der Waals surface area contributed by atoms with E-state index in [4.69, 9.17) is 0 Å². The van der Waals surface area contributed by atoms with Crippen molar-refractivity contribution in [2.75, 3.05) is 13.1 Å². The fraction of sp³-hybridized carbons (Fsp3) is 0.500. The number of piperidine rings is 1. The van der Waals surface area contributed by atoms with Gasteiger partial charge in [0.05, 0.1) is 0 Å². The largest absolute Gasteiger partial charge is 0.505 e. The van der Waals surface area contributed by atoms with E-state index in [9.17, 15) is 13.9 Å². The number of benzene rings is 1. The van der Waals surface area contributed by atoms with Crippen molar-refractivity contribution < 1.29 is 13.9 Å². The quantitative estimate of drug-likeness (QED) is 0.812. The third kappa shape index (κ3) is 2.50. The molecule has 1 aromatic rings. The average molecular weight is 227 g/mol. The molecule has 1 saturated heterocycles. The third-order valence-electron chi connectivity index (χ3n) is 3.01. The summed E-state index contributed by atoms with van der Waals surface area (Å²) in [6.45, 7) is 1.84. The number of phenols is 1. The molecule has 1 fully saturated rings. The molecule has 2 nitrogen and oxygen atoms in total. The van der Waals surface area contributed by atoms with Gasteiger partial charge in [-0.15, -0.1) is 0 Å². The summed E-state index contributed by atoms with van der Waals surface area (Å²) in [6, 6.07) is 1.92. The molecule has 1 aromatic carbocycles. The van der Waals surface area contributed by atoms with Crippen LogP contribution in [0.25, 0.3) is 0 Å². The summed E-state index contributed by atoms with van der Waals surface area (Å²) in [5, 5.41) is 12.7. The Kier molecular flexibility index (Phi) is 3.39. The number of halogens is 2. The van der Waals surface area contributed by atoms with Crippen LogP contribution in [0.2, 0.25) is 0 Å². The van der Waals surface area contributed by atoms with E-state index in [-0.39, 0.29) is 0 Å². The number of nitrogens with one attached hydrogen (secondary N) is 1. The first-order valence-corrected chi connectivity index (χ1v) is 5.54. The van der Waals surface area contributed by atoms with Crippen LogP contribution in [0.15, 0.2) is 12.1 Å². The van der Waals surface area contributed by atoms with Crippen LogP contribution in [0.4, 0.5) is 8.78 Å². The van der Waals surface area contributed by atoms with Gasteiger partial charge in [-0.2, -0.15) is 0 Å². The molecule has 88 valence electrons. The molecule has 0 aliphatic carbocycles. The molecule has 1 aliphatic rings. The van der Waals surface area contributed by atoms with Gasteiger partial charge in [-0.1, -0.05) is 0 Å². The van der Waals surface area contributed by atoms with Crippen LogP contribution >= 0.6 is 0 Å². The lowest BCUT2D eigenvalue weighted by molar-refractivity contribution is 0.363. The van der Waals surface area contributed by atoms with Gasteiger partial charge in [0.15, 0.2) is 11.6 Å². The molecule has 4 heteroatoms. The van der Waals surface area contributed by atoms with Gasteiger partial charge in [0, 0.05) is 11.6 Å². The van der Waals surface area contributed by atoms with Crippen molar-refractivity contribution in [3.8, 4) is 5.75 Å². The van der Waals surface area contributed by atoms with Crippen LogP contribution in [0.3, 0.4) is 0 Å². The van der Waals surface area contributed by atoms with E-state index in [1.54, 1.807) is 0 Å². The second kappa shape index (κ2) is 4.78. The van der Waals surface area contributed by atoms with Gasteiger partial charge in [-0.25, -0.2) is 8.78 Å². The maximum Gasteiger partial charge on any atom is 0.168 e. The second-order valence-corrected chi connectivity index (χ2v) is 4.31. The normalized spacial score (nSPS) is 21.0. The molecule has 2 rings (SSSR count). The van der Waals surface area contributed by atoms with E-state index in [0.717, 1.165) is 25.9 Å². The fourth-order valence-electron chi connectivity index (χ4n) is 2.18. The van der Waals surface area contributed by atoms with E-state index in [2.05, 4.69) is 5.32 Å². The van der Waals surface area contributed by atoms with E-state index in [1.165, 1.54) is 6.07 Å². The molecule has 1 atom stereocenters. The van der Waals surface area contributed by atoms with Gasteiger partial charge in [0.1, 0.15) is 5.82 Å². The first-order chi connectivity index (χ1) is 7.66. The molecular weight excluding hydrogens is 212 g/mol. The van der Waals surface area contributed by atoms with Gasteiger partial charge in [0.25, 0.3) is 0 Å². The molecule has 0 spiro atoms. The van der Waals surface area contributed by atoms with Gasteiger partial charge < -0.3 is 10.4 Å². The van der Waals surface area contributed by atoms with E-state index < -0.39 is 17.4 Å². The molecule has 2 N–H and O–H groups in total. The monoisotopic (exact) mass is 227 g/mol. The van der Waals surface area contributed by atoms with Crippen molar-refractivity contribution in [2.24, 2.45) is 5.92 Å². The maximum absolute atomic E-state index is 13.1. The molecule has 0 saturated carbocycles. The summed E-state index contributed by atoms with van der Waals surface area (Å²) in [7, 11) is 0. The second-order valence-electron chi connectivity index (χ2n) is 4.31. The average Bonchev–Trinajstić information content (AvgIpc) is 2.27. The van der Waals surface area contributed by atoms with Crippen molar-refractivity contribution >= 4 is 0 Å². The van der Waals surface area contributed by atoms with Crippen molar-refractivity contribution in [3.63, 3.8) is 0 Å². The Morgan fingerprint density at radius 3 is 2.88 bits per heavy atom. The Labute approximate surface area is 93.3 Å².